The van der Waals surface area contributed by atoms with Crippen LogP contribution >= 0.6 is 0 Å². The molecule has 0 bridgehead atoms. The van der Waals surface area contributed by atoms with Crippen molar-refractivity contribution in [2.45, 2.75) is 45.7 Å². The summed E-state index contributed by atoms with van der Waals surface area (Å²) in [5, 5.41) is 3.07. The van der Waals surface area contributed by atoms with Gasteiger partial charge in [-0.05, 0) is 55.5 Å². The van der Waals surface area contributed by atoms with Crippen LogP contribution in [0.2, 0.25) is 0 Å². The summed E-state index contributed by atoms with van der Waals surface area (Å²) in [5.74, 6) is 1.51. The molecule has 0 aromatic heterocycles. The molecule has 1 heterocycles. The lowest BCUT2D eigenvalue weighted by molar-refractivity contribution is -0.125. The Balaban J connectivity index is 1.67. The minimum Gasteiger partial charge on any atom is -0.493 e. The van der Waals surface area contributed by atoms with E-state index >= 15 is 0 Å². The maximum Gasteiger partial charge on any atom is 0.254 e. The van der Waals surface area contributed by atoms with Crippen LogP contribution in [0, 0.1) is 5.92 Å². The summed E-state index contributed by atoms with van der Waals surface area (Å²) in [5.41, 5.74) is 1.53. The van der Waals surface area contributed by atoms with Crippen molar-refractivity contribution in [3.8, 4) is 11.5 Å². The normalized spacial score (nSPS) is 16.8. The fraction of sp³-hybridized carbons (Fsp3) is 0.440. The molecule has 2 aromatic rings. The van der Waals surface area contributed by atoms with E-state index in [9.17, 15) is 9.59 Å². The van der Waals surface area contributed by atoms with E-state index < -0.39 is 6.04 Å². The van der Waals surface area contributed by atoms with Gasteiger partial charge in [-0.3, -0.25) is 9.59 Å². The number of carbonyl (C=O) groups is 2. The monoisotopic (exact) mass is 424 g/mol. The number of likely N-dealkylation sites (tertiary alicyclic amines) is 1. The Morgan fingerprint density at radius 2 is 1.84 bits per heavy atom. The van der Waals surface area contributed by atoms with Gasteiger partial charge in [0.2, 0.25) is 5.91 Å². The third kappa shape index (κ3) is 5.57. The summed E-state index contributed by atoms with van der Waals surface area (Å²) in [6, 6.07) is 14.1. The van der Waals surface area contributed by atoms with Gasteiger partial charge in [0, 0.05) is 12.1 Å². The number of hydrogen-bond acceptors (Lipinski definition) is 4. The van der Waals surface area contributed by atoms with Gasteiger partial charge in [-0.2, -0.15) is 0 Å². The smallest absolute Gasteiger partial charge is 0.254 e. The van der Waals surface area contributed by atoms with Crippen molar-refractivity contribution in [1.29, 1.82) is 0 Å². The van der Waals surface area contributed by atoms with Crippen LogP contribution in [0.5, 0.6) is 11.5 Å². The average Bonchev–Trinajstić information content (AvgIpc) is 3.27. The molecular weight excluding hydrogens is 392 g/mol. The maximum atomic E-state index is 13.0. The molecule has 0 spiro atoms. The highest BCUT2D eigenvalue weighted by Gasteiger charge is 2.35. The van der Waals surface area contributed by atoms with Crippen LogP contribution in [0.4, 0.5) is 0 Å². The largest absolute Gasteiger partial charge is 0.493 e. The number of carbonyl (C=O) groups excluding carboxylic acids is 2. The molecule has 1 aliphatic rings. The average molecular weight is 425 g/mol. The van der Waals surface area contributed by atoms with E-state index in [0.29, 0.717) is 42.6 Å². The molecule has 1 fully saturated rings. The van der Waals surface area contributed by atoms with E-state index in [1.54, 1.807) is 24.1 Å². The summed E-state index contributed by atoms with van der Waals surface area (Å²) in [7, 11) is 1.61. The van der Waals surface area contributed by atoms with E-state index in [2.05, 4.69) is 19.2 Å². The fourth-order valence-electron chi connectivity index (χ4n) is 3.75. The predicted octanol–water partition coefficient (Wildman–Crippen LogP) is 4.21. The van der Waals surface area contributed by atoms with E-state index in [1.807, 2.05) is 43.3 Å². The van der Waals surface area contributed by atoms with Gasteiger partial charge >= 0.3 is 0 Å². The Morgan fingerprint density at radius 1 is 1.10 bits per heavy atom. The molecule has 2 unspecified atom stereocenters. The number of ether oxygens (including phenoxy) is 2. The van der Waals surface area contributed by atoms with Crippen molar-refractivity contribution in [3.05, 3.63) is 59.7 Å². The molecule has 0 radical (unpaired) electrons. The van der Waals surface area contributed by atoms with Crippen molar-refractivity contribution in [1.82, 2.24) is 10.2 Å². The van der Waals surface area contributed by atoms with Crippen LogP contribution in [0.3, 0.4) is 0 Å². The van der Waals surface area contributed by atoms with Gasteiger partial charge in [0.15, 0.2) is 11.5 Å². The van der Waals surface area contributed by atoms with Crippen LogP contribution in [-0.2, 0) is 4.79 Å². The number of rotatable bonds is 8. The van der Waals surface area contributed by atoms with Crippen LogP contribution in [0.25, 0.3) is 0 Å². The highest BCUT2D eigenvalue weighted by molar-refractivity contribution is 5.98. The molecule has 1 saturated heterocycles. The van der Waals surface area contributed by atoms with Crippen LogP contribution in [0.1, 0.15) is 55.6 Å². The number of benzene rings is 2. The Hall–Kier alpha value is -3.02. The van der Waals surface area contributed by atoms with Gasteiger partial charge < -0.3 is 19.7 Å². The van der Waals surface area contributed by atoms with Gasteiger partial charge in [-0.1, -0.05) is 38.1 Å². The SMILES string of the molecule is COc1cc(C(C)NC(=O)C2CCCN2C(=O)c2ccccc2)ccc1OCC(C)C. The van der Waals surface area contributed by atoms with Crippen LogP contribution in [-0.4, -0.2) is 43.0 Å². The lowest BCUT2D eigenvalue weighted by Gasteiger charge is -2.26. The second-order valence-electron chi connectivity index (χ2n) is 8.37. The summed E-state index contributed by atoms with van der Waals surface area (Å²) in [4.78, 5) is 27.6. The third-order valence-electron chi connectivity index (χ3n) is 5.46. The number of hydrogen-bond donors (Lipinski definition) is 1. The summed E-state index contributed by atoms with van der Waals surface area (Å²) in [6.45, 7) is 7.31. The van der Waals surface area contributed by atoms with E-state index in [4.69, 9.17) is 9.47 Å². The van der Waals surface area contributed by atoms with Gasteiger partial charge in [0.1, 0.15) is 6.04 Å². The summed E-state index contributed by atoms with van der Waals surface area (Å²) < 4.78 is 11.3. The molecule has 2 amide bonds. The van der Waals surface area contributed by atoms with Crippen molar-refractivity contribution in [2.75, 3.05) is 20.3 Å². The highest BCUT2D eigenvalue weighted by Crippen LogP contribution is 2.31. The number of methoxy groups -OCH3 is 1. The van der Waals surface area contributed by atoms with Crippen molar-refractivity contribution in [3.63, 3.8) is 0 Å². The standard InChI is InChI=1S/C25H32N2O4/c1-17(2)16-31-22-13-12-20(15-23(22)30-4)18(3)26-24(28)21-11-8-14-27(21)25(29)19-9-6-5-7-10-19/h5-7,9-10,12-13,15,17-18,21H,8,11,14,16H2,1-4H3,(H,26,28). The molecule has 6 heteroatoms. The van der Waals surface area contributed by atoms with Crippen LogP contribution < -0.4 is 14.8 Å². The van der Waals surface area contributed by atoms with Crippen molar-refractivity contribution < 1.29 is 19.1 Å². The molecule has 0 aliphatic carbocycles. The summed E-state index contributed by atoms with van der Waals surface area (Å²) in [6.07, 6.45) is 1.49. The third-order valence-corrected chi connectivity index (χ3v) is 5.46. The molecule has 2 aromatic carbocycles. The van der Waals surface area contributed by atoms with E-state index in [-0.39, 0.29) is 17.9 Å². The van der Waals surface area contributed by atoms with Gasteiger partial charge in [-0.15, -0.1) is 0 Å². The van der Waals surface area contributed by atoms with E-state index in [0.717, 1.165) is 12.0 Å². The fourth-order valence-corrected chi connectivity index (χ4v) is 3.75. The number of nitrogens with one attached hydrogen (secondary N) is 1. The Kier molecular flexibility index (Phi) is 7.55. The zero-order valence-corrected chi connectivity index (χ0v) is 18.8. The molecular formula is C25H32N2O4. The minimum atomic E-state index is -0.453. The zero-order valence-electron chi connectivity index (χ0n) is 18.8. The zero-order chi connectivity index (χ0) is 22.4. The summed E-state index contributed by atoms with van der Waals surface area (Å²) >= 11 is 0. The molecule has 1 aliphatic heterocycles. The first-order valence-corrected chi connectivity index (χ1v) is 10.9. The molecule has 0 saturated carbocycles. The Bertz CT molecular complexity index is 898. The van der Waals surface area contributed by atoms with Crippen LogP contribution in [0.15, 0.2) is 48.5 Å². The highest BCUT2D eigenvalue weighted by atomic mass is 16.5. The van der Waals surface area contributed by atoms with Crippen molar-refractivity contribution >= 4 is 11.8 Å². The first-order valence-electron chi connectivity index (χ1n) is 10.9. The van der Waals surface area contributed by atoms with Gasteiger partial charge in [0.05, 0.1) is 19.8 Å². The Labute approximate surface area is 184 Å². The van der Waals surface area contributed by atoms with E-state index in [1.165, 1.54) is 0 Å². The minimum absolute atomic E-state index is 0.0979. The van der Waals surface area contributed by atoms with Gasteiger partial charge in [0.25, 0.3) is 5.91 Å². The lowest BCUT2D eigenvalue weighted by Crippen LogP contribution is -2.46. The first-order chi connectivity index (χ1) is 14.9. The first kappa shape index (κ1) is 22.7. The second kappa shape index (κ2) is 10.3. The second-order valence-corrected chi connectivity index (χ2v) is 8.37. The van der Waals surface area contributed by atoms with Crippen molar-refractivity contribution in [2.24, 2.45) is 5.92 Å². The quantitative estimate of drug-likeness (QED) is 0.689. The lowest BCUT2D eigenvalue weighted by atomic mass is 10.1. The number of amides is 2. The predicted molar refractivity (Wildman–Crippen MR) is 120 cm³/mol. The molecule has 31 heavy (non-hydrogen) atoms. The topological polar surface area (TPSA) is 67.9 Å². The molecule has 3 rings (SSSR count). The molecule has 2 atom stereocenters. The van der Waals surface area contributed by atoms with Gasteiger partial charge in [-0.25, -0.2) is 0 Å². The Morgan fingerprint density at radius 3 is 2.52 bits per heavy atom. The molecule has 6 nitrogen and oxygen atoms in total. The molecule has 166 valence electrons. The maximum absolute atomic E-state index is 13.0. The number of nitrogens with zero attached hydrogens (tertiary/aromatic N) is 1. The molecule has 1 N–H and O–H groups in total.